The highest BCUT2D eigenvalue weighted by Gasteiger charge is 2.57. The monoisotopic (exact) mass is 338 g/mol. The van der Waals surface area contributed by atoms with Crippen molar-refractivity contribution in [2.45, 2.75) is 38.5 Å². The summed E-state index contributed by atoms with van der Waals surface area (Å²) in [6.07, 6.45) is 5.41. The number of benzene rings is 1. The third-order valence-electron chi connectivity index (χ3n) is 4.66. The molecule has 23 heavy (non-hydrogen) atoms. The minimum Gasteiger partial charge on any atom is -0.342 e. The van der Waals surface area contributed by atoms with Gasteiger partial charge in [-0.3, -0.25) is 9.59 Å². The molecule has 0 bridgehead atoms. The minimum atomic E-state index is -0.939. The van der Waals surface area contributed by atoms with E-state index in [4.69, 9.17) is 11.6 Å². The molecule has 1 aromatic rings. The van der Waals surface area contributed by atoms with Gasteiger partial charge in [0.15, 0.2) is 0 Å². The molecule has 124 valence electrons. The van der Waals surface area contributed by atoms with E-state index < -0.39 is 11.2 Å². The predicted molar refractivity (Wildman–Crippen MR) is 86.8 cm³/mol. The summed E-state index contributed by atoms with van der Waals surface area (Å²) in [5.41, 5.74) is -0.526. The van der Waals surface area contributed by atoms with Crippen LogP contribution in [-0.2, 0) is 9.59 Å². The molecule has 0 spiro atoms. The molecule has 6 heteroatoms. The van der Waals surface area contributed by atoms with Gasteiger partial charge in [0.25, 0.3) is 0 Å². The molecule has 4 nitrogen and oxygen atoms in total. The summed E-state index contributed by atoms with van der Waals surface area (Å²) in [6, 6.07) is 4.01. The Balaban J connectivity index is 1.70. The van der Waals surface area contributed by atoms with E-state index in [9.17, 15) is 14.0 Å². The number of carbonyl (C=O) groups excluding carboxylic acids is 2. The molecule has 0 aromatic heterocycles. The Bertz CT molecular complexity index is 623. The molecular formula is C17H20ClFN2O2. The molecule has 0 atom stereocenters. The van der Waals surface area contributed by atoms with Crippen molar-refractivity contribution in [1.29, 1.82) is 0 Å². The van der Waals surface area contributed by atoms with E-state index in [1.54, 1.807) is 0 Å². The van der Waals surface area contributed by atoms with Crippen LogP contribution in [0.15, 0.2) is 18.2 Å². The average molecular weight is 339 g/mol. The number of halogens is 2. The Hall–Kier alpha value is -1.62. The van der Waals surface area contributed by atoms with Gasteiger partial charge in [0, 0.05) is 18.8 Å². The zero-order valence-electron chi connectivity index (χ0n) is 12.9. The maximum atomic E-state index is 13.2. The van der Waals surface area contributed by atoms with Crippen molar-refractivity contribution in [3.05, 3.63) is 29.0 Å². The quantitative estimate of drug-likeness (QED) is 0.856. The molecule has 2 aliphatic rings. The molecule has 3 rings (SSSR count). The van der Waals surface area contributed by atoms with Crippen molar-refractivity contribution in [3.8, 4) is 0 Å². The molecule has 2 amide bonds. The van der Waals surface area contributed by atoms with Gasteiger partial charge >= 0.3 is 0 Å². The van der Waals surface area contributed by atoms with E-state index in [1.807, 2.05) is 4.90 Å². The molecule has 0 radical (unpaired) electrons. The van der Waals surface area contributed by atoms with Crippen LogP contribution in [0.5, 0.6) is 0 Å². The number of nitrogens with one attached hydrogen (secondary N) is 1. The molecule has 1 saturated carbocycles. The second-order valence-corrected chi connectivity index (χ2v) is 6.78. The van der Waals surface area contributed by atoms with E-state index in [-0.39, 0.29) is 16.8 Å². The van der Waals surface area contributed by atoms with E-state index in [1.165, 1.54) is 18.2 Å². The topological polar surface area (TPSA) is 49.4 Å². The van der Waals surface area contributed by atoms with Gasteiger partial charge in [0.1, 0.15) is 11.2 Å². The zero-order valence-corrected chi connectivity index (χ0v) is 13.7. The number of nitrogens with zero attached hydrogens (tertiary/aromatic N) is 1. The largest absolute Gasteiger partial charge is 0.342 e. The van der Waals surface area contributed by atoms with Crippen molar-refractivity contribution in [2.24, 2.45) is 5.41 Å². The third-order valence-corrected chi connectivity index (χ3v) is 4.95. The van der Waals surface area contributed by atoms with Crippen LogP contribution >= 0.6 is 11.6 Å². The number of amides is 2. The zero-order chi connectivity index (χ0) is 16.4. The first-order valence-corrected chi connectivity index (χ1v) is 8.47. The molecule has 1 N–H and O–H groups in total. The van der Waals surface area contributed by atoms with Crippen molar-refractivity contribution in [1.82, 2.24) is 4.90 Å². The Morgan fingerprint density at radius 1 is 1.13 bits per heavy atom. The van der Waals surface area contributed by atoms with Gasteiger partial charge in [0.05, 0.1) is 5.02 Å². The summed E-state index contributed by atoms with van der Waals surface area (Å²) in [5, 5.41) is 2.66. The van der Waals surface area contributed by atoms with Gasteiger partial charge < -0.3 is 10.2 Å². The van der Waals surface area contributed by atoms with Gasteiger partial charge in [-0.25, -0.2) is 4.39 Å². The van der Waals surface area contributed by atoms with Gasteiger partial charge in [0.2, 0.25) is 11.8 Å². The summed E-state index contributed by atoms with van der Waals surface area (Å²) in [6.45, 7) is 1.46. The predicted octanol–water partition coefficient (Wildman–Crippen LogP) is 3.60. The fraction of sp³-hybridized carbons (Fsp3) is 0.529. The lowest BCUT2D eigenvalue weighted by atomic mass is 10.0. The fourth-order valence-electron chi connectivity index (χ4n) is 3.06. The van der Waals surface area contributed by atoms with Crippen LogP contribution in [0, 0.1) is 11.2 Å². The first-order chi connectivity index (χ1) is 11.0. The van der Waals surface area contributed by atoms with Crippen LogP contribution in [0.2, 0.25) is 5.02 Å². The van der Waals surface area contributed by atoms with Crippen molar-refractivity contribution >= 4 is 29.1 Å². The first-order valence-electron chi connectivity index (χ1n) is 8.09. The van der Waals surface area contributed by atoms with Crippen LogP contribution in [-0.4, -0.2) is 29.8 Å². The number of carbonyl (C=O) groups is 2. The Kier molecular flexibility index (Phi) is 4.57. The molecule has 2 fully saturated rings. The Morgan fingerprint density at radius 2 is 1.78 bits per heavy atom. The molecule has 1 aromatic carbocycles. The molecule has 1 heterocycles. The second-order valence-electron chi connectivity index (χ2n) is 6.37. The average Bonchev–Trinajstić information content (AvgIpc) is 3.34. The lowest BCUT2D eigenvalue weighted by Gasteiger charge is -2.25. The van der Waals surface area contributed by atoms with Crippen LogP contribution in [0.1, 0.15) is 38.5 Å². The molecular weight excluding hydrogens is 319 g/mol. The number of likely N-dealkylation sites (tertiary alicyclic amines) is 1. The smallest absolute Gasteiger partial charge is 0.240 e. The van der Waals surface area contributed by atoms with E-state index in [0.717, 1.165) is 38.8 Å². The number of rotatable bonds is 3. The summed E-state index contributed by atoms with van der Waals surface area (Å²) >= 11 is 5.73. The minimum absolute atomic E-state index is 0.0495. The summed E-state index contributed by atoms with van der Waals surface area (Å²) in [7, 11) is 0. The number of hydrogen-bond donors (Lipinski definition) is 1. The fourth-order valence-corrected chi connectivity index (χ4v) is 3.24. The van der Waals surface area contributed by atoms with E-state index >= 15 is 0 Å². The van der Waals surface area contributed by atoms with Crippen LogP contribution in [0.3, 0.4) is 0 Å². The van der Waals surface area contributed by atoms with E-state index in [0.29, 0.717) is 18.5 Å². The maximum Gasteiger partial charge on any atom is 0.240 e. The van der Waals surface area contributed by atoms with Crippen molar-refractivity contribution < 1.29 is 14.0 Å². The van der Waals surface area contributed by atoms with Gasteiger partial charge in [-0.15, -0.1) is 0 Å². The highest BCUT2D eigenvalue weighted by molar-refractivity contribution is 6.31. The summed E-state index contributed by atoms with van der Waals surface area (Å²) < 4.78 is 13.2. The van der Waals surface area contributed by atoms with E-state index in [2.05, 4.69) is 5.32 Å². The maximum absolute atomic E-state index is 13.2. The van der Waals surface area contributed by atoms with Gasteiger partial charge in [-0.2, -0.15) is 0 Å². The third kappa shape index (κ3) is 3.34. The van der Waals surface area contributed by atoms with Crippen LogP contribution in [0.25, 0.3) is 0 Å². The SMILES string of the molecule is O=C(Nc1ccc(F)c(Cl)c1)C1(C(=O)N2CCCCCC2)CC1. The lowest BCUT2D eigenvalue weighted by molar-refractivity contribution is -0.142. The molecule has 1 aliphatic carbocycles. The first kappa shape index (κ1) is 16.2. The lowest BCUT2D eigenvalue weighted by Crippen LogP contribution is -2.43. The summed E-state index contributed by atoms with van der Waals surface area (Å²) in [4.78, 5) is 27.2. The highest BCUT2D eigenvalue weighted by atomic mass is 35.5. The Labute approximate surface area is 140 Å². The molecule has 1 aliphatic heterocycles. The number of anilines is 1. The van der Waals surface area contributed by atoms with Crippen molar-refractivity contribution in [3.63, 3.8) is 0 Å². The standard InChI is InChI=1S/C17H20ClFN2O2/c18-13-11-12(5-6-14(13)19)20-15(22)17(7-8-17)16(23)21-9-3-1-2-4-10-21/h5-6,11H,1-4,7-10H2,(H,20,22). The molecule has 0 unspecified atom stereocenters. The Morgan fingerprint density at radius 3 is 2.35 bits per heavy atom. The van der Waals surface area contributed by atoms with Gasteiger partial charge in [-0.1, -0.05) is 24.4 Å². The summed E-state index contributed by atoms with van der Waals surface area (Å²) in [5.74, 6) is -0.911. The normalized spacial score (nSPS) is 19.8. The van der Waals surface area contributed by atoms with Crippen LogP contribution < -0.4 is 5.32 Å². The highest BCUT2D eigenvalue weighted by Crippen LogP contribution is 2.48. The second kappa shape index (κ2) is 6.48. The number of hydrogen-bond acceptors (Lipinski definition) is 2. The van der Waals surface area contributed by atoms with Crippen molar-refractivity contribution in [2.75, 3.05) is 18.4 Å². The molecule has 1 saturated heterocycles. The van der Waals surface area contributed by atoms with Crippen LogP contribution in [0.4, 0.5) is 10.1 Å². The van der Waals surface area contributed by atoms with Gasteiger partial charge in [-0.05, 0) is 43.9 Å².